The minimum atomic E-state index is -0.854. The van der Waals surface area contributed by atoms with Crippen LogP contribution in [0.25, 0.3) is 22.3 Å². The summed E-state index contributed by atoms with van der Waals surface area (Å²) >= 11 is 0. The molecule has 0 bridgehead atoms. The van der Waals surface area contributed by atoms with Gasteiger partial charge in [-0.2, -0.15) is 0 Å². The first kappa shape index (κ1) is 26.4. The molecule has 3 N–H and O–H groups in total. The van der Waals surface area contributed by atoms with E-state index >= 15 is 0 Å². The Morgan fingerprint density at radius 2 is 1.97 bits per heavy atom. The van der Waals surface area contributed by atoms with E-state index in [9.17, 15) is 9.90 Å². The van der Waals surface area contributed by atoms with Crippen molar-refractivity contribution >= 4 is 28.9 Å². The molecule has 5 rings (SSSR count). The van der Waals surface area contributed by atoms with E-state index in [-0.39, 0.29) is 17.5 Å². The third-order valence-corrected chi connectivity index (χ3v) is 7.35. The number of H-pyrrole nitrogens is 1. The molecular formula is C28H34N8O3. The zero-order chi connectivity index (χ0) is 27.7. The van der Waals surface area contributed by atoms with Gasteiger partial charge in [0.05, 0.1) is 29.9 Å². The second-order valence-corrected chi connectivity index (χ2v) is 10.9. The second-order valence-electron chi connectivity index (χ2n) is 10.9. The molecule has 3 aromatic heterocycles. The minimum Gasteiger partial charge on any atom is -0.481 e. The lowest BCUT2D eigenvalue weighted by molar-refractivity contribution is 0.00820. The number of carbonyl (C=O) groups is 1. The van der Waals surface area contributed by atoms with Crippen LogP contribution in [-0.4, -0.2) is 78.7 Å². The number of amides is 1. The Morgan fingerprint density at radius 3 is 2.72 bits per heavy atom. The Kier molecular flexibility index (Phi) is 7.09. The lowest BCUT2D eigenvalue weighted by Crippen LogP contribution is -2.59. The van der Waals surface area contributed by atoms with Crippen molar-refractivity contribution in [2.75, 3.05) is 32.1 Å². The highest BCUT2D eigenvalue weighted by atomic mass is 16.5. The van der Waals surface area contributed by atoms with Crippen molar-refractivity contribution in [2.45, 2.75) is 39.8 Å². The molecule has 0 spiro atoms. The van der Waals surface area contributed by atoms with Crippen molar-refractivity contribution in [3.63, 3.8) is 0 Å². The van der Waals surface area contributed by atoms with Gasteiger partial charge in [-0.1, -0.05) is 26.8 Å². The number of fused-ring (bicyclic) bond motifs is 1. The van der Waals surface area contributed by atoms with Crippen LogP contribution < -0.4 is 10.1 Å². The normalized spacial score (nSPS) is 17.3. The molecule has 2 unspecified atom stereocenters. The van der Waals surface area contributed by atoms with Gasteiger partial charge >= 0.3 is 6.09 Å². The van der Waals surface area contributed by atoms with Gasteiger partial charge in [0.25, 0.3) is 0 Å². The maximum atomic E-state index is 11.8. The number of nitrogens with zero attached hydrogens (tertiary/aromatic N) is 6. The summed E-state index contributed by atoms with van der Waals surface area (Å²) in [5.41, 5.74) is 4.29. The number of pyridine rings is 1. The lowest BCUT2D eigenvalue weighted by atomic mass is 9.84. The van der Waals surface area contributed by atoms with Gasteiger partial charge in [-0.05, 0) is 42.2 Å². The Labute approximate surface area is 227 Å². The summed E-state index contributed by atoms with van der Waals surface area (Å²) in [7, 11) is 1.58. The van der Waals surface area contributed by atoms with Crippen LogP contribution in [0, 0.1) is 5.41 Å². The average Bonchev–Trinajstić information content (AvgIpc) is 3.33. The number of rotatable bonds is 6. The summed E-state index contributed by atoms with van der Waals surface area (Å²) in [5.74, 6) is 1.77. The number of benzene rings is 1. The van der Waals surface area contributed by atoms with Crippen molar-refractivity contribution < 1.29 is 14.6 Å². The highest BCUT2D eigenvalue weighted by molar-refractivity contribution is 5.83. The van der Waals surface area contributed by atoms with Crippen LogP contribution in [0.4, 0.5) is 16.6 Å². The molecule has 0 saturated carbocycles. The number of methoxy groups -OCH3 is 1. The SMILES string of the molecule is COc1cc(-c2ccc3nc(Nc4cc(C(C)N5CCN(C(=O)O)C(C(C)(C)C)C5)ccn4)[nH]c3c2)ncn1. The molecule has 1 amide bonds. The number of piperazine rings is 1. The van der Waals surface area contributed by atoms with E-state index in [0.29, 0.717) is 37.3 Å². The van der Waals surface area contributed by atoms with Crippen LogP contribution in [0.1, 0.15) is 39.3 Å². The van der Waals surface area contributed by atoms with E-state index in [0.717, 1.165) is 27.9 Å². The van der Waals surface area contributed by atoms with Gasteiger partial charge in [-0.25, -0.2) is 24.7 Å². The molecule has 39 heavy (non-hydrogen) atoms. The number of anilines is 2. The summed E-state index contributed by atoms with van der Waals surface area (Å²) in [6, 6.07) is 11.7. The van der Waals surface area contributed by atoms with Crippen molar-refractivity contribution in [3.8, 4) is 17.1 Å². The van der Waals surface area contributed by atoms with Gasteiger partial charge in [0, 0.05) is 43.5 Å². The molecule has 4 aromatic rings. The molecule has 4 heterocycles. The fraction of sp³-hybridized carbons (Fsp3) is 0.393. The number of aromatic amines is 1. The molecule has 11 heteroatoms. The topological polar surface area (TPSA) is 132 Å². The third-order valence-electron chi connectivity index (χ3n) is 7.35. The number of nitrogens with one attached hydrogen (secondary N) is 2. The Balaban J connectivity index is 1.33. The Hall–Kier alpha value is -4.25. The van der Waals surface area contributed by atoms with E-state index < -0.39 is 6.09 Å². The van der Waals surface area contributed by atoms with Gasteiger partial charge in [0.2, 0.25) is 11.8 Å². The quantitative estimate of drug-likeness (QED) is 0.317. The third kappa shape index (κ3) is 5.63. The summed E-state index contributed by atoms with van der Waals surface area (Å²) in [5, 5.41) is 13.0. The molecule has 0 aliphatic carbocycles. The van der Waals surface area contributed by atoms with Crippen LogP contribution in [0.15, 0.2) is 48.9 Å². The van der Waals surface area contributed by atoms with Crippen LogP contribution in [-0.2, 0) is 0 Å². The molecule has 1 aromatic carbocycles. The number of aromatic nitrogens is 5. The first-order valence-corrected chi connectivity index (χ1v) is 12.9. The predicted molar refractivity (Wildman–Crippen MR) is 149 cm³/mol. The zero-order valence-corrected chi connectivity index (χ0v) is 22.8. The largest absolute Gasteiger partial charge is 0.481 e. The maximum absolute atomic E-state index is 11.8. The summed E-state index contributed by atoms with van der Waals surface area (Å²) in [4.78, 5) is 36.7. The zero-order valence-electron chi connectivity index (χ0n) is 22.8. The van der Waals surface area contributed by atoms with Gasteiger partial charge < -0.3 is 25.0 Å². The van der Waals surface area contributed by atoms with Crippen LogP contribution in [0.2, 0.25) is 0 Å². The van der Waals surface area contributed by atoms with Crippen molar-refractivity contribution in [1.82, 2.24) is 34.7 Å². The first-order valence-electron chi connectivity index (χ1n) is 12.9. The Morgan fingerprint density at radius 1 is 1.15 bits per heavy atom. The fourth-order valence-corrected chi connectivity index (χ4v) is 5.07. The van der Waals surface area contributed by atoms with Gasteiger partial charge in [-0.3, -0.25) is 4.90 Å². The average molecular weight is 531 g/mol. The fourth-order valence-electron chi connectivity index (χ4n) is 5.07. The molecule has 1 aliphatic rings. The number of carboxylic acid groups (broad SMARTS) is 1. The summed E-state index contributed by atoms with van der Waals surface area (Å²) < 4.78 is 5.22. The smallest absolute Gasteiger partial charge is 0.407 e. The van der Waals surface area contributed by atoms with Gasteiger partial charge in [0.1, 0.15) is 12.1 Å². The van der Waals surface area contributed by atoms with Crippen molar-refractivity contribution in [1.29, 1.82) is 0 Å². The molecule has 1 saturated heterocycles. The molecular weight excluding hydrogens is 496 g/mol. The highest BCUT2D eigenvalue weighted by Crippen LogP contribution is 2.32. The monoisotopic (exact) mass is 530 g/mol. The van der Waals surface area contributed by atoms with E-state index in [2.05, 4.69) is 62.8 Å². The van der Waals surface area contributed by atoms with E-state index in [4.69, 9.17) is 4.74 Å². The molecule has 0 radical (unpaired) electrons. The molecule has 11 nitrogen and oxygen atoms in total. The maximum Gasteiger partial charge on any atom is 0.407 e. The Bertz CT molecular complexity index is 1480. The van der Waals surface area contributed by atoms with Crippen LogP contribution in [0.5, 0.6) is 5.88 Å². The number of imidazole rings is 1. The number of hydrogen-bond donors (Lipinski definition) is 3. The number of ether oxygens (including phenoxy) is 1. The molecule has 1 aliphatic heterocycles. The molecule has 2 atom stereocenters. The summed E-state index contributed by atoms with van der Waals surface area (Å²) in [6.07, 6.45) is 2.41. The van der Waals surface area contributed by atoms with E-state index in [1.165, 1.54) is 6.33 Å². The van der Waals surface area contributed by atoms with Crippen molar-refractivity contribution in [3.05, 3.63) is 54.5 Å². The highest BCUT2D eigenvalue weighted by Gasteiger charge is 2.39. The molecule has 204 valence electrons. The summed E-state index contributed by atoms with van der Waals surface area (Å²) in [6.45, 7) is 10.3. The lowest BCUT2D eigenvalue weighted by Gasteiger charge is -2.47. The van der Waals surface area contributed by atoms with E-state index in [1.807, 2.05) is 30.3 Å². The first-order chi connectivity index (χ1) is 18.6. The molecule has 1 fully saturated rings. The standard InChI is InChI=1S/C28H34N8O3/c1-17(35-10-11-36(27(37)38)23(15-35)28(2,3)4)18-8-9-29-24(13-18)34-26-32-20-7-6-19(12-22(20)33-26)21-14-25(39-5)31-16-30-21/h6-9,12-14,16-17,23H,10-11,15H2,1-5H3,(H,37,38)(H2,29,32,33,34). The van der Waals surface area contributed by atoms with Gasteiger partial charge in [0.15, 0.2) is 0 Å². The minimum absolute atomic E-state index is 0.0884. The van der Waals surface area contributed by atoms with Gasteiger partial charge in [-0.15, -0.1) is 0 Å². The van der Waals surface area contributed by atoms with Crippen molar-refractivity contribution in [2.24, 2.45) is 5.41 Å². The second kappa shape index (κ2) is 10.5. The predicted octanol–water partition coefficient (Wildman–Crippen LogP) is 4.94. The number of hydrogen-bond acceptors (Lipinski definition) is 8. The van der Waals surface area contributed by atoms with Crippen LogP contribution in [0.3, 0.4) is 0 Å². The van der Waals surface area contributed by atoms with Crippen LogP contribution >= 0.6 is 0 Å². The van der Waals surface area contributed by atoms with E-state index in [1.54, 1.807) is 24.3 Å².